The van der Waals surface area contributed by atoms with Gasteiger partial charge in [-0.25, -0.2) is 4.98 Å². The van der Waals surface area contributed by atoms with E-state index in [-0.39, 0.29) is 17.1 Å². The van der Waals surface area contributed by atoms with Crippen LogP contribution in [0.1, 0.15) is 32.9 Å². The number of aromatic nitrogens is 1. The third kappa shape index (κ3) is 5.21. The van der Waals surface area contributed by atoms with E-state index in [0.29, 0.717) is 24.5 Å². The molecule has 110 valence electrons. The van der Waals surface area contributed by atoms with Crippen LogP contribution in [0.3, 0.4) is 0 Å². The standard InChI is InChI=1S/C13H20N4O3/c1-9-10(17(19)20)5-6-11(15-9)14-8-7-12(18)16-13(2,3)4/h5-6H,7-8H2,1-4H3,(H,14,15)(H,16,18). The van der Waals surface area contributed by atoms with Crippen molar-refractivity contribution in [3.05, 3.63) is 27.9 Å². The lowest BCUT2D eigenvalue weighted by Crippen LogP contribution is -2.41. The van der Waals surface area contributed by atoms with Crippen molar-refractivity contribution in [3.8, 4) is 0 Å². The summed E-state index contributed by atoms with van der Waals surface area (Å²) in [7, 11) is 0. The molecule has 0 unspecified atom stereocenters. The second-order valence-electron chi connectivity index (χ2n) is 5.53. The molecule has 1 rings (SSSR count). The first kappa shape index (κ1) is 15.9. The Balaban J connectivity index is 2.49. The Bertz CT molecular complexity index is 509. The number of amides is 1. The fraction of sp³-hybridized carbons (Fsp3) is 0.538. The average molecular weight is 280 g/mol. The summed E-state index contributed by atoms with van der Waals surface area (Å²) in [5, 5.41) is 16.5. The van der Waals surface area contributed by atoms with Gasteiger partial charge in [-0.2, -0.15) is 0 Å². The Hall–Kier alpha value is -2.18. The van der Waals surface area contributed by atoms with Gasteiger partial charge in [0.15, 0.2) is 0 Å². The number of carbonyl (C=O) groups excluding carboxylic acids is 1. The van der Waals surface area contributed by atoms with E-state index < -0.39 is 4.92 Å². The summed E-state index contributed by atoms with van der Waals surface area (Å²) in [6, 6.07) is 2.94. The van der Waals surface area contributed by atoms with Crippen LogP contribution in [0.25, 0.3) is 0 Å². The minimum absolute atomic E-state index is 0.0129. The normalized spacial score (nSPS) is 11.0. The fourth-order valence-corrected chi connectivity index (χ4v) is 1.63. The van der Waals surface area contributed by atoms with Crippen molar-refractivity contribution in [2.45, 2.75) is 39.7 Å². The first-order chi connectivity index (χ1) is 9.19. The molecule has 0 radical (unpaired) electrons. The van der Waals surface area contributed by atoms with Gasteiger partial charge in [0, 0.05) is 24.6 Å². The highest BCUT2D eigenvalue weighted by Crippen LogP contribution is 2.17. The Morgan fingerprint density at radius 3 is 2.55 bits per heavy atom. The summed E-state index contributed by atoms with van der Waals surface area (Å²) in [6.45, 7) is 7.75. The maximum absolute atomic E-state index is 11.6. The van der Waals surface area contributed by atoms with Gasteiger partial charge in [-0.05, 0) is 33.8 Å². The van der Waals surface area contributed by atoms with E-state index >= 15 is 0 Å². The van der Waals surface area contributed by atoms with Crippen molar-refractivity contribution in [3.63, 3.8) is 0 Å². The quantitative estimate of drug-likeness (QED) is 0.635. The highest BCUT2D eigenvalue weighted by atomic mass is 16.6. The number of rotatable bonds is 5. The van der Waals surface area contributed by atoms with Gasteiger partial charge in [-0.15, -0.1) is 0 Å². The van der Waals surface area contributed by atoms with E-state index in [1.807, 2.05) is 20.8 Å². The smallest absolute Gasteiger partial charge is 0.290 e. The summed E-state index contributed by atoms with van der Waals surface area (Å²) in [4.78, 5) is 25.9. The van der Waals surface area contributed by atoms with Crippen LogP contribution in [0.15, 0.2) is 12.1 Å². The van der Waals surface area contributed by atoms with Crippen LogP contribution < -0.4 is 10.6 Å². The molecule has 1 heterocycles. The largest absolute Gasteiger partial charge is 0.370 e. The van der Waals surface area contributed by atoms with Gasteiger partial charge in [0.25, 0.3) is 5.69 Å². The summed E-state index contributed by atoms with van der Waals surface area (Å²) in [6.07, 6.45) is 0.314. The van der Waals surface area contributed by atoms with Gasteiger partial charge in [0.05, 0.1) is 4.92 Å². The predicted octanol–water partition coefficient (Wildman–Crippen LogP) is 2.01. The van der Waals surface area contributed by atoms with Gasteiger partial charge in [-0.1, -0.05) is 0 Å². The predicted molar refractivity (Wildman–Crippen MR) is 76.6 cm³/mol. The summed E-state index contributed by atoms with van der Waals surface area (Å²) < 4.78 is 0. The number of nitrogens with one attached hydrogen (secondary N) is 2. The van der Waals surface area contributed by atoms with E-state index in [4.69, 9.17) is 0 Å². The van der Waals surface area contributed by atoms with E-state index in [1.54, 1.807) is 6.92 Å². The molecule has 2 N–H and O–H groups in total. The van der Waals surface area contributed by atoms with E-state index in [9.17, 15) is 14.9 Å². The van der Waals surface area contributed by atoms with E-state index in [2.05, 4.69) is 15.6 Å². The molecule has 0 aliphatic heterocycles. The van der Waals surface area contributed by atoms with Gasteiger partial charge < -0.3 is 10.6 Å². The zero-order valence-electron chi connectivity index (χ0n) is 12.2. The fourth-order valence-electron chi connectivity index (χ4n) is 1.63. The van der Waals surface area contributed by atoms with Crippen molar-refractivity contribution in [2.24, 2.45) is 0 Å². The third-order valence-corrected chi connectivity index (χ3v) is 2.43. The molecule has 0 aromatic carbocycles. The number of carbonyl (C=O) groups is 1. The molecule has 0 saturated carbocycles. The second kappa shape index (κ2) is 6.31. The molecule has 0 aliphatic rings. The molecule has 0 saturated heterocycles. The first-order valence-corrected chi connectivity index (χ1v) is 6.36. The zero-order chi connectivity index (χ0) is 15.3. The Morgan fingerprint density at radius 2 is 2.05 bits per heavy atom. The van der Waals surface area contributed by atoms with Crippen molar-refractivity contribution in [1.82, 2.24) is 10.3 Å². The van der Waals surface area contributed by atoms with Gasteiger partial charge in [0.2, 0.25) is 5.91 Å². The monoisotopic (exact) mass is 280 g/mol. The van der Waals surface area contributed by atoms with Gasteiger partial charge >= 0.3 is 0 Å². The van der Waals surface area contributed by atoms with Crippen molar-refractivity contribution < 1.29 is 9.72 Å². The van der Waals surface area contributed by atoms with Gasteiger partial charge in [0.1, 0.15) is 11.5 Å². The number of nitro groups is 1. The Morgan fingerprint density at radius 1 is 1.40 bits per heavy atom. The SMILES string of the molecule is Cc1nc(NCCC(=O)NC(C)(C)C)ccc1[N+](=O)[O-]. The van der Waals surface area contributed by atoms with Crippen LogP contribution in [-0.2, 0) is 4.79 Å². The minimum Gasteiger partial charge on any atom is -0.370 e. The molecule has 0 fully saturated rings. The highest BCUT2D eigenvalue weighted by molar-refractivity contribution is 5.77. The lowest BCUT2D eigenvalue weighted by atomic mass is 10.1. The molecular weight excluding hydrogens is 260 g/mol. The molecule has 7 nitrogen and oxygen atoms in total. The number of hydrogen-bond acceptors (Lipinski definition) is 5. The Kier molecular flexibility index (Phi) is 5.01. The molecule has 7 heteroatoms. The maximum Gasteiger partial charge on any atom is 0.290 e. The summed E-state index contributed by atoms with van der Waals surface area (Å²) in [5.74, 6) is 0.472. The molecule has 0 bridgehead atoms. The number of nitrogens with zero attached hydrogens (tertiary/aromatic N) is 2. The number of pyridine rings is 1. The molecule has 20 heavy (non-hydrogen) atoms. The highest BCUT2D eigenvalue weighted by Gasteiger charge is 2.14. The van der Waals surface area contributed by atoms with E-state index in [0.717, 1.165) is 0 Å². The van der Waals surface area contributed by atoms with Crippen LogP contribution in [0.4, 0.5) is 11.5 Å². The first-order valence-electron chi connectivity index (χ1n) is 6.36. The van der Waals surface area contributed by atoms with Crippen molar-refractivity contribution >= 4 is 17.4 Å². The van der Waals surface area contributed by atoms with Crippen LogP contribution in [0, 0.1) is 17.0 Å². The average Bonchev–Trinajstić information content (AvgIpc) is 2.25. The third-order valence-electron chi connectivity index (χ3n) is 2.43. The number of hydrogen-bond donors (Lipinski definition) is 2. The minimum atomic E-state index is -0.469. The van der Waals surface area contributed by atoms with Gasteiger partial charge in [-0.3, -0.25) is 14.9 Å². The molecule has 1 amide bonds. The van der Waals surface area contributed by atoms with Crippen molar-refractivity contribution in [1.29, 1.82) is 0 Å². The number of aryl methyl sites for hydroxylation is 1. The molecule has 0 atom stereocenters. The van der Waals surface area contributed by atoms with Crippen molar-refractivity contribution in [2.75, 3.05) is 11.9 Å². The second-order valence-corrected chi connectivity index (χ2v) is 5.53. The Labute approximate surface area is 117 Å². The molecule has 0 aliphatic carbocycles. The molecule has 1 aromatic heterocycles. The van der Waals surface area contributed by atoms with Crippen LogP contribution in [0.2, 0.25) is 0 Å². The molecule has 0 spiro atoms. The molecule has 1 aromatic rings. The van der Waals surface area contributed by atoms with E-state index in [1.165, 1.54) is 12.1 Å². The lowest BCUT2D eigenvalue weighted by Gasteiger charge is -2.20. The molecular formula is C13H20N4O3. The maximum atomic E-state index is 11.6. The summed E-state index contributed by atoms with van der Waals surface area (Å²) in [5.41, 5.74) is 0.0828. The van der Waals surface area contributed by atoms with Crippen LogP contribution in [0.5, 0.6) is 0 Å². The zero-order valence-corrected chi connectivity index (χ0v) is 12.2. The van der Waals surface area contributed by atoms with Crippen LogP contribution in [-0.4, -0.2) is 27.9 Å². The lowest BCUT2D eigenvalue weighted by molar-refractivity contribution is -0.385. The topological polar surface area (TPSA) is 97.2 Å². The summed E-state index contributed by atoms with van der Waals surface area (Å²) >= 11 is 0. The van der Waals surface area contributed by atoms with Crippen LogP contribution >= 0.6 is 0 Å². The number of anilines is 1.